The van der Waals surface area contributed by atoms with E-state index in [9.17, 15) is 4.79 Å². The molecular formula is C18H22N4OS. The second kappa shape index (κ2) is 6.81. The van der Waals surface area contributed by atoms with Gasteiger partial charge in [-0.15, -0.1) is 0 Å². The summed E-state index contributed by atoms with van der Waals surface area (Å²) in [5.74, 6) is 1.57. The van der Waals surface area contributed by atoms with Crippen LogP contribution in [-0.2, 0) is 0 Å². The van der Waals surface area contributed by atoms with Gasteiger partial charge in [-0.2, -0.15) is 5.10 Å². The Hall–Kier alpha value is -2.08. The molecule has 0 aliphatic rings. The standard InChI is InChI=1S/C18H22N4OS/c1-11(2)8-9-24-18-20-16-14(17(23)21-18)10-19-22(16)15-7-5-6-12(3)13(15)4/h5-7,10-11H,8-9H2,1-4H3,(H,20,21,23). The summed E-state index contributed by atoms with van der Waals surface area (Å²) in [4.78, 5) is 19.8. The minimum atomic E-state index is -0.136. The van der Waals surface area contributed by atoms with E-state index in [0.29, 0.717) is 22.1 Å². The van der Waals surface area contributed by atoms with Gasteiger partial charge in [-0.05, 0) is 43.4 Å². The number of nitrogens with one attached hydrogen (secondary N) is 1. The van der Waals surface area contributed by atoms with Gasteiger partial charge in [0.1, 0.15) is 5.39 Å². The highest BCUT2D eigenvalue weighted by Gasteiger charge is 2.13. The van der Waals surface area contributed by atoms with Crippen LogP contribution in [0.15, 0.2) is 34.3 Å². The van der Waals surface area contributed by atoms with Crippen molar-refractivity contribution in [3.63, 3.8) is 0 Å². The normalized spacial score (nSPS) is 11.5. The Morgan fingerprint density at radius 1 is 1.29 bits per heavy atom. The Kier molecular flexibility index (Phi) is 4.76. The molecule has 2 aromatic heterocycles. The molecular weight excluding hydrogens is 320 g/mol. The maximum absolute atomic E-state index is 12.3. The van der Waals surface area contributed by atoms with E-state index < -0.39 is 0 Å². The number of nitrogens with zero attached hydrogens (tertiary/aromatic N) is 3. The van der Waals surface area contributed by atoms with Crippen molar-refractivity contribution in [2.24, 2.45) is 5.92 Å². The van der Waals surface area contributed by atoms with Gasteiger partial charge < -0.3 is 4.98 Å². The molecule has 0 unspecified atom stereocenters. The first-order valence-electron chi connectivity index (χ1n) is 8.15. The third-order valence-corrected chi connectivity index (χ3v) is 5.06. The van der Waals surface area contributed by atoms with Gasteiger partial charge in [-0.25, -0.2) is 9.67 Å². The van der Waals surface area contributed by atoms with Crippen molar-refractivity contribution in [1.82, 2.24) is 19.7 Å². The smallest absolute Gasteiger partial charge is 0.262 e. The Morgan fingerprint density at radius 3 is 2.83 bits per heavy atom. The molecule has 6 heteroatoms. The summed E-state index contributed by atoms with van der Waals surface area (Å²) in [7, 11) is 0. The SMILES string of the molecule is Cc1cccc(-n2ncc3c(=O)[nH]c(SCCC(C)C)nc32)c1C. The van der Waals surface area contributed by atoms with Gasteiger partial charge in [0, 0.05) is 5.75 Å². The zero-order valence-electron chi connectivity index (χ0n) is 14.5. The maximum atomic E-state index is 12.3. The van der Waals surface area contributed by atoms with Gasteiger partial charge in [0.2, 0.25) is 0 Å². The van der Waals surface area contributed by atoms with Crippen LogP contribution < -0.4 is 5.56 Å². The molecule has 5 nitrogen and oxygen atoms in total. The number of aryl methyl sites for hydroxylation is 1. The molecule has 3 aromatic rings. The van der Waals surface area contributed by atoms with Crippen LogP contribution in [0.3, 0.4) is 0 Å². The van der Waals surface area contributed by atoms with Crippen LogP contribution in [-0.4, -0.2) is 25.5 Å². The number of aromatic nitrogens is 4. The fraction of sp³-hybridized carbons (Fsp3) is 0.389. The Bertz CT molecular complexity index is 926. The van der Waals surface area contributed by atoms with E-state index >= 15 is 0 Å². The summed E-state index contributed by atoms with van der Waals surface area (Å²) < 4.78 is 1.76. The molecule has 2 heterocycles. The first kappa shape index (κ1) is 16.8. The van der Waals surface area contributed by atoms with Crippen LogP contribution in [0.2, 0.25) is 0 Å². The number of hydrogen-bond acceptors (Lipinski definition) is 4. The van der Waals surface area contributed by atoms with Gasteiger partial charge in [-0.1, -0.05) is 37.7 Å². The van der Waals surface area contributed by atoms with Crippen molar-refractivity contribution in [2.45, 2.75) is 39.3 Å². The van der Waals surface area contributed by atoms with Crippen molar-refractivity contribution < 1.29 is 0 Å². The molecule has 1 aromatic carbocycles. The van der Waals surface area contributed by atoms with Crippen molar-refractivity contribution in [3.05, 3.63) is 45.9 Å². The average molecular weight is 342 g/mol. The predicted molar refractivity (Wildman–Crippen MR) is 99.1 cm³/mol. The highest BCUT2D eigenvalue weighted by atomic mass is 32.2. The molecule has 0 saturated carbocycles. The van der Waals surface area contributed by atoms with Crippen LogP contribution in [0.5, 0.6) is 0 Å². The minimum Gasteiger partial charge on any atom is -0.301 e. The first-order valence-corrected chi connectivity index (χ1v) is 9.13. The van der Waals surface area contributed by atoms with Crippen LogP contribution in [0.25, 0.3) is 16.7 Å². The highest BCUT2D eigenvalue weighted by molar-refractivity contribution is 7.99. The van der Waals surface area contributed by atoms with Crippen LogP contribution in [0, 0.1) is 19.8 Å². The lowest BCUT2D eigenvalue weighted by Gasteiger charge is -2.09. The molecule has 0 aliphatic heterocycles. The quantitative estimate of drug-likeness (QED) is 0.565. The van der Waals surface area contributed by atoms with E-state index in [4.69, 9.17) is 0 Å². The lowest BCUT2D eigenvalue weighted by molar-refractivity contribution is 0.631. The van der Waals surface area contributed by atoms with E-state index in [0.717, 1.165) is 23.4 Å². The molecule has 0 bridgehead atoms. The minimum absolute atomic E-state index is 0.136. The largest absolute Gasteiger partial charge is 0.301 e. The molecule has 1 N–H and O–H groups in total. The number of H-pyrrole nitrogens is 1. The number of benzene rings is 1. The molecule has 0 spiro atoms. The van der Waals surface area contributed by atoms with Gasteiger partial charge in [0.15, 0.2) is 10.8 Å². The van der Waals surface area contributed by atoms with Crippen LogP contribution >= 0.6 is 11.8 Å². The number of aromatic amines is 1. The van der Waals surface area contributed by atoms with E-state index in [1.54, 1.807) is 22.6 Å². The predicted octanol–water partition coefficient (Wildman–Crippen LogP) is 3.86. The lowest BCUT2D eigenvalue weighted by Crippen LogP contribution is -2.10. The zero-order chi connectivity index (χ0) is 17.3. The topological polar surface area (TPSA) is 63.6 Å². The lowest BCUT2D eigenvalue weighted by atomic mass is 10.1. The molecule has 0 fully saturated rings. The molecule has 3 rings (SSSR count). The van der Waals surface area contributed by atoms with Crippen molar-refractivity contribution in [2.75, 3.05) is 5.75 Å². The monoisotopic (exact) mass is 342 g/mol. The number of fused-ring (bicyclic) bond motifs is 1. The van der Waals surface area contributed by atoms with Gasteiger partial charge in [0.05, 0.1) is 11.9 Å². The van der Waals surface area contributed by atoms with Crippen LogP contribution in [0.1, 0.15) is 31.4 Å². The third-order valence-electron chi connectivity index (χ3n) is 4.15. The van der Waals surface area contributed by atoms with Gasteiger partial charge >= 0.3 is 0 Å². The van der Waals surface area contributed by atoms with E-state index in [2.05, 4.69) is 48.8 Å². The Labute approximate surface area is 145 Å². The second-order valence-corrected chi connectivity index (χ2v) is 7.50. The van der Waals surface area contributed by atoms with Crippen molar-refractivity contribution in [1.29, 1.82) is 0 Å². The molecule has 0 saturated heterocycles. The summed E-state index contributed by atoms with van der Waals surface area (Å²) in [6, 6.07) is 6.07. The van der Waals surface area contributed by atoms with Crippen molar-refractivity contribution in [3.8, 4) is 5.69 Å². The summed E-state index contributed by atoms with van der Waals surface area (Å²) in [5.41, 5.74) is 3.76. The van der Waals surface area contributed by atoms with E-state index in [1.807, 2.05) is 12.1 Å². The third kappa shape index (κ3) is 3.24. The molecule has 0 radical (unpaired) electrons. The summed E-state index contributed by atoms with van der Waals surface area (Å²) in [6.07, 6.45) is 2.67. The highest BCUT2D eigenvalue weighted by Crippen LogP contribution is 2.22. The fourth-order valence-electron chi connectivity index (χ4n) is 2.50. The second-order valence-electron chi connectivity index (χ2n) is 6.41. The zero-order valence-corrected chi connectivity index (χ0v) is 15.3. The van der Waals surface area contributed by atoms with E-state index in [1.165, 1.54) is 5.56 Å². The maximum Gasteiger partial charge on any atom is 0.262 e. The molecule has 126 valence electrons. The first-order chi connectivity index (χ1) is 11.5. The van der Waals surface area contributed by atoms with Crippen molar-refractivity contribution >= 4 is 22.8 Å². The molecule has 0 aliphatic carbocycles. The summed E-state index contributed by atoms with van der Waals surface area (Å²) in [6.45, 7) is 8.51. The number of thioether (sulfide) groups is 1. The number of rotatable bonds is 5. The fourth-order valence-corrected chi connectivity index (χ4v) is 3.60. The van der Waals surface area contributed by atoms with Gasteiger partial charge in [-0.3, -0.25) is 4.79 Å². The Morgan fingerprint density at radius 2 is 2.08 bits per heavy atom. The molecule has 0 atom stereocenters. The summed E-state index contributed by atoms with van der Waals surface area (Å²) in [5, 5.41) is 5.57. The van der Waals surface area contributed by atoms with Crippen LogP contribution in [0.4, 0.5) is 0 Å². The van der Waals surface area contributed by atoms with Gasteiger partial charge in [0.25, 0.3) is 5.56 Å². The molecule has 0 amide bonds. The average Bonchev–Trinajstić information content (AvgIpc) is 2.94. The molecule has 24 heavy (non-hydrogen) atoms. The van der Waals surface area contributed by atoms with E-state index in [-0.39, 0.29) is 5.56 Å². The Balaban J connectivity index is 2.05. The number of hydrogen-bond donors (Lipinski definition) is 1. The summed E-state index contributed by atoms with van der Waals surface area (Å²) >= 11 is 1.58.